The van der Waals surface area contributed by atoms with Crippen LogP contribution in [0.25, 0.3) is 0 Å². The summed E-state index contributed by atoms with van der Waals surface area (Å²) in [6.07, 6.45) is 1.20. The first-order chi connectivity index (χ1) is 8.54. The summed E-state index contributed by atoms with van der Waals surface area (Å²) in [5.74, 6) is -0.167. The molecule has 1 aliphatic heterocycles. The molecule has 0 aromatic heterocycles. The van der Waals surface area contributed by atoms with E-state index in [1.807, 2.05) is 26.0 Å². The highest BCUT2D eigenvalue weighted by molar-refractivity contribution is 9.10. The van der Waals surface area contributed by atoms with E-state index in [4.69, 9.17) is 0 Å². The topological polar surface area (TPSA) is 49.4 Å². The summed E-state index contributed by atoms with van der Waals surface area (Å²) in [4.78, 5) is 25.6. The molecule has 0 unspecified atom stereocenters. The van der Waals surface area contributed by atoms with Crippen LogP contribution in [0.1, 0.15) is 26.7 Å². The van der Waals surface area contributed by atoms with Crippen molar-refractivity contribution in [1.29, 1.82) is 0 Å². The molecule has 0 radical (unpaired) electrons. The molecule has 1 fully saturated rings. The molecule has 0 spiro atoms. The Balaban J connectivity index is 2.38. The lowest BCUT2D eigenvalue weighted by Gasteiger charge is -2.23. The van der Waals surface area contributed by atoms with Gasteiger partial charge in [0, 0.05) is 4.47 Å². The van der Waals surface area contributed by atoms with Gasteiger partial charge < -0.3 is 5.32 Å². The second-order valence-electron chi connectivity index (χ2n) is 4.34. The zero-order valence-electron chi connectivity index (χ0n) is 10.4. The Morgan fingerprint density at radius 3 is 2.17 bits per heavy atom. The van der Waals surface area contributed by atoms with E-state index in [0.29, 0.717) is 18.5 Å². The molecule has 4 nitrogen and oxygen atoms in total. The van der Waals surface area contributed by atoms with Crippen molar-refractivity contribution in [1.82, 2.24) is 5.32 Å². The van der Waals surface area contributed by atoms with Gasteiger partial charge in [0.25, 0.3) is 5.91 Å². The molecular weight excluding hydrogens is 296 g/mol. The molecule has 5 heteroatoms. The van der Waals surface area contributed by atoms with E-state index in [-0.39, 0.29) is 11.9 Å². The standard InChI is InChI=1S/C13H15BrN2O2/c1-3-13(4-2)11(17)16(12(18)15-13)10-7-5-9(14)6-8-10/h5-8H,3-4H2,1-2H3,(H,15,18). The number of urea groups is 1. The third-order valence-corrected chi connectivity index (χ3v) is 3.98. The number of rotatable bonds is 3. The predicted molar refractivity (Wildman–Crippen MR) is 73.5 cm³/mol. The molecule has 1 saturated heterocycles. The zero-order chi connectivity index (χ0) is 13.3. The lowest BCUT2D eigenvalue weighted by atomic mass is 9.93. The molecule has 18 heavy (non-hydrogen) atoms. The molecule has 1 aliphatic rings. The lowest BCUT2D eigenvalue weighted by Crippen LogP contribution is -2.45. The van der Waals surface area contributed by atoms with E-state index in [1.165, 1.54) is 4.90 Å². The van der Waals surface area contributed by atoms with Gasteiger partial charge in [-0.3, -0.25) is 4.79 Å². The number of carbonyl (C=O) groups excluding carboxylic acids is 2. The molecule has 1 aromatic carbocycles. The Hall–Kier alpha value is -1.36. The van der Waals surface area contributed by atoms with Gasteiger partial charge in [-0.05, 0) is 37.1 Å². The summed E-state index contributed by atoms with van der Waals surface area (Å²) in [6, 6.07) is 6.79. The second kappa shape index (κ2) is 4.72. The van der Waals surface area contributed by atoms with Gasteiger partial charge in [-0.25, -0.2) is 9.69 Å². The largest absolute Gasteiger partial charge is 0.329 e. The van der Waals surface area contributed by atoms with Crippen molar-refractivity contribution < 1.29 is 9.59 Å². The number of nitrogens with zero attached hydrogens (tertiary/aromatic N) is 1. The fourth-order valence-electron chi connectivity index (χ4n) is 2.17. The molecule has 0 saturated carbocycles. The normalized spacial score (nSPS) is 18.1. The Kier molecular flexibility index (Phi) is 3.43. The fourth-order valence-corrected chi connectivity index (χ4v) is 2.44. The minimum Gasteiger partial charge on any atom is -0.323 e. The number of hydrogen-bond donors (Lipinski definition) is 1. The summed E-state index contributed by atoms with van der Waals surface area (Å²) in [6.45, 7) is 3.82. The fraction of sp³-hybridized carbons (Fsp3) is 0.385. The van der Waals surface area contributed by atoms with Gasteiger partial charge in [0.1, 0.15) is 5.54 Å². The van der Waals surface area contributed by atoms with Crippen molar-refractivity contribution in [2.24, 2.45) is 0 Å². The van der Waals surface area contributed by atoms with Crippen molar-refractivity contribution in [2.75, 3.05) is 4.90 Å². The van der Waals surface area contributed by atoms with Crippen molar-refractivity contribution in [2.45, 2.75) is 32.2 Å². The van der Waals surface area contributed by atoms with Crippen molar-refractivity contribution >= 4 is 33.6 Å². The minimum atomic E-state index is -0.746. The number of anilines is 1. The smallest absolute Gasteiger partial charge is 0.323 e. The Morgan fingerprint density at radius 1 is 1.17 bits per heavy atom. The van der Waals surface area contributed by atoms with Gasteiger partial charge in [-0.2, -0.15) is 0 Å². The van der Waals surface area contributed by atoms with Crippen LogP contribution in [0.3, 0.4) is 0 Å². The highest BCUT2D eigenvalue weighted by atomic mass is 79.9. The van der Waals surface area contributed by atoms with Crippen LogP contribution in [0.5, 0.6) is 0 Å². The Bertz CT molecular complexity index is 480. The molecule has 0 aliphatic carbocycles. The third kappa shape index (κ3) is 1.92. The van der Waals surface area contributed by atoms with E-state index >= 15 is 0 Å². The molecule has 2 rings (SSSR count). The summed E-state index contributed by atoms with van der Waals surface area (Å²) in [7, 11) is 0. The first-order valence-electron chi connectivity index (χ1n) is 5.96. The molecule has 0 bridgehead atoms. The molecule has 1 aromatic rings. The van der Waals surface area contributed by atoms with Crippen LogP contribution in [-0.2, 0) is 4.79 Å². The number of nitrogens with one attached hydrogen (secondary N) is 1. The predicted octanol–water partition coefficient (Wildman–Crippen LogP) is 3.06. The van der Waals surface area contributed by atoms with Crippen LogP contribution in [0.2, 0.25) is 0 Å². The molecule has 96 valence electrons. The van der Waals surface area contributed by atoms with Gasteiger partial charge in [-0.15, -0.1) is 0 Å². The van der Waals surface area contributed by atoms with E-state index in [1.54, 1.807) is 12.1 Å². The number of carbonyl (C=O) groups is 2. The average molecular weight is 311 g/mol. The number of amides is 3. The highest BCUT2D eigenvalue weighted by Crippen LogP contribution is 2.29. The first-order valence-corrected chi connectivity index (χ1v) is 6.75. The van der Waals surface area contributed by atoms with Gasteiger partial charge in [0.2, 0.25) is 0 Å². The van der Waals surface area contributed by atoms with E-state index in [2.05, 4.69) is 21.2 Å². The van der Waals surface area contributed by atoms with Crippen LogP contribution in [0.15, 0.2) is 28.7 Å². The van der Waals surface area contributed by atoms with Gasteiger partial charge >= 0.3 is 6.03 Å². The first kappa shape index (κ1) is 13.1. The van der Waals surface area contributed by atoms with E-state index in [9.17, 15) is 9.59 Å². The minimum absolute atomic E-state index is 0.167. The maximum atomic E-state index is 12.4. The van der Waals surface area contributed by atoms with E-state index < -0.39 is 5.54 Å². The maximum absolute atomic E-state index is 12.4. The molecular formula is C13H15BrN2O2. The zero-order valence-corrected chi connectivity index (χ0v) is 12.0. The molecule has 0 atom stereocenters. The maximum Gasteiger partial charge on any atom is 0.329 e. The van der Waals surface area contributed by atoms with Crippen molar-refractivity contribution in [3.05, 3.63) is 28.7 Å². The highest BCUT2D eigenvalue weighted by Gasteiger charge is 2.49. The number of benzene rings is 1. The average Bonchev–Trinajstić information content (AvgIpc) is 2.63. The second-order valence-corrected chi connectivity index (χ2v) is 5.25. The van der Waals surface area contributed by atoms with E-state index in [0.717, 1.165) is 4.47 Å². The van der Waals surface area contributed by atoms with Crippen molar-refractivity contribution in [3.63, 3.8) is 0 Å². The van der Waals surface area contributed by atoms with Crippen LogP contribution in [0, 0.1) is 0 Å². The monoisotopic (exact) mass is 310 g/mol. The quantitative estimate of drug-likeness (QED) is 0.872. The third-order valence-electron chi connectivity index (χ3n) is 3.45. The van der Waals surface area contributed by atoms with Crippen LogP contribution in [0.4, 0.5) is 10.5 Å². The summed E-state index contributed by atoms with van der Waals surface area (Å²) >= 11 is 3.33. The van der Waals surface area contributed by atoms with Gasteiger partial charge in [0.15, 0.2) is 0 Å². The van der Waals surface area contributed by atoms with Gasteiger partial charge in [-0.1, -0.05) is 29.8 Å². The SMILES string of the molecule is CCC1(CC)NC(=O)N(c2ccc(Br)cc2)C1=O. The Morgan fingerprint density at radius 2 is 1.72 bits per heavy atom. The Labute approximate surface area is 114 Å². The van der Waals surface area contributed by atoms with Gasteiger partial charge in [0.05, 0.1) is 5.69 Å². The summed E-state index contributed by atoms with van der Waals surface area (Å²) in [5, 5.41) is 2.81. The molecule has 1 heterocycles. The number of halogens is 1. The van der Waals surface area contributed by atoms with Crippen LogP contribution in [-0.4, -0.2) is 17.5 Å². The van der Waals surface area contributed by atoms with Crippen LogP contribution < -0.4 is 10.2 Å². The summed E-state index contributed by atoms with van der Waals surface area (Å²) in [5.41, 5.74) is -0.145. The molecule has 3 amide bonds. The molecule has 1 N–H and O–H groups in total. The lowest BCUT2D eigenvalue weighted by molar-refractivity contribution is -0.122. The van der Waals surface area contributed by atoms with Crippen LogP contribution >= 0.6 is 15.9 Å². The number of imide groups is 1. The number of hydrogen-bond acceptors (Lipinski definition) is 2. The van der Waals surface area contributed by atoms with Crippen molar-refractivity contribution in [3.8, 4) is 0 Å². The summed E-state index contributed by atoms with van der Waals surface area (Å²) < 4.78 is 0.913.